The van der Waals surface area contributed by atoms with Crippen molar-refractivity contribution in [3.63, 3.8) is 0 Å². The van der Waals surface area contributed by atoms with Gasteiger partial charge in [0.15, 0.2) is 0 Å². The topological polar surface area (TPSA) is 46.6 Å². The fourth-order valence-electron chi connectivity index (χ4n) is 4.61. The van der Waals surface area contributed by atoms with E-state index < -0.39 is 0 Å². The third kappa shape index (κ3) is 4.78. The lowest BCUT2D eigenvalue weighted by molar-refractivity contribution is -0.123. The Kier molecular flexibility index (Phi) is 6.62. The molecule has 4 nitrogen and oxygen atoms in total. The van der Waals surface area contributed by atoms with E-state index >= 15 is 0 Å². The zero-order chi connectivity index (χ0) is 26.1. The SMILES string of the molecule is O=C1S/C(=C\c2c(OCc3ccccc3Cl)ccc3ccccc23)C(=O)N1Cc1ccc2ccccc2c1. The summed E-state index contributed by atoms with van der Waals surface area (Å²) in [5.41, 5.74) is 2.52. The number of fused-ring (bicyclic) bond motifs is 2. The minimum Gasteiger partial charge on any atom is -0.488 e. The molecule has 6 heteroatoms. The van der Waals surface area contributed by atoms with Crippen LogP contribution in [0.15, 0.2) is 108 Å². The van der Waals surface area contributed by atoms with Gasteiger partial charge < -0.3 is 4.74 Å². The van der Waals surface area contributed by atoms with Gasteiger partial charge in [-0.15, -0.1) is 0 Å². The van der Waals surface area contributed by atoms with Crippen LogP contribution in [0, 0.1) is 0 Å². The molecule has 1 fully saturated rings. The number of halogens is 1. The van der Waals surface area contributed by atoms with E-state index in [-0.39, 0.29) is 24.3 Å². The number of carbonyl (C=O) groups is 2. The third-order valence-electron chi connectivity index (χ3n) is 6.58. The number of hydrogen-bond donors (Lipinski definition) is 0. The molecule has 0 saturated carbocycles. The highest BCUT2D eigenvalue weighted by Gasteiger charge is 2.35. The standard InChI is InChI=1S/C32H22ClNO3S/c33-28-12-6-4-10-25(28)20-37-29-16-15-23-8-3-5-11-26(23)27(29)18-30-31(35)34(32(36)38-30)19-21-13-14-22-7-1-2-9-24(22)17-21/h1-18H,19-20H2/b30-18-. The Morgan fingerprint density at radius 3 is 2.34 bits per heavy atom. The van der Waals surface area contributed by atoms with E-state index in [0.717, 1.165) is 50.0 Å². The van der Waals surface area contributed by atoms with Crippen molar-refractivity contribution in [1.82, 2.24) is 4.90 Å². The van der Waals surface area contributed by atoms with Gasteiger partial charge in [0, 0.05) is 16.1 Å². The molecule has 5 aromatic rings. The largest absolute Gasteiger partial charge is 0.488 e. The summed E-state index contributed by atoms with van der Waals surface area (Å²) < 4.78 is 6.20. The van der Waals surface area contributed by atoms with E-state index in [4.69, 9.17) is 16.3 Å². The predicted molar refractivity (Wildman–Crippen MR) is 155 cm³/mol. The van der Waals surface area contributed by atoms with E-state index in [1.807, 2.05) is 103 Å². The molecule has 2 amide bonds. The van der Waals surface area contributed by atoms with Crippen molar-refractivity contribution in [3.05, 3.63) is 130 Å². The van der Waals surface area contributed by atoms with Crippen LogP contribution in [0.25, 0.3) is 27.6 Å². The molecule has 1 saturated heterocycles. The highest BCUT2D eigenvalue weighted by atomic mass is 35.5. The maximum atomic E-state index is 13.4. The minimum atomic E-state index is -0.307. The van der Waals surface area contributed by atoms with Crippen LogP contribution in [0.1, 0.15) is 16.7 Å². The second kappa shape index (κ2) is 10.4. The molecule has 38 heavy (non-hydrogen) atoms. The van der Waals surface area contributed by atoms with Crippen LogP contribution in [0.2, 0.25) is 5.02 Å². The van der Waals surface area contributed by atoms with Crippen molar-refractivity contribution in [3.8, 4) is 5.75 Å². The first-order chi connectivity index (χ1) is 18.6. The van der Waals surface area contributed by atoms with Crippen molar-refractivity contribution in [2.75, 3.05) is 0 Å². The Labute approximate surface area is 229 Å². The minimum absolute atomic E-state index is 0.220. The van der Waals surface area contributed by atoms with Gasteiger partial charge in [-0.25, -0.2) is 0 Å². The number of carbonyl (C=O) groups excluding carboxylic acids is 2. The number of nitrogens with zero attached hydrogens (tertiary/aromatic N) is 1. The first kappa shape index (κ1) is 24.3. The van der Waals surface area contributed by atoms with Gasteiger partial charge in [-0.2, -0.15) is 0 Å². The lowest BCUT2D eigenvalue weighted by Crippen LogP contribution is -2.27. The van der Waals surface area contributed by atoms with Crippen molar-refractivity contribution >= 4 is 62.1 Å². The van der Waals surface area contributed by atoms with Crippen LogP contribution in [0.3, 0.4) is 0 Å². The molecule has 0 unspecified atom stereocenters. The molecule has 0 aromatic heterocycles. The molecule has 1 aliphatic heterocycles. The number of thioether (sulfide) groups is 1. The molecule has 1 heterocycles. The van der Waals surface area contributed by atoms with Crippen molar-refractivity contribution < 1.29 is 14.3 Å². The second-order valence-corrected chi connectivity index (χ2v) is 10.4. The Hall–Kier alpha value is -4.06. The molecule has 0 bridgehead atoms. The lowest BCUT2D eigenvalue weighted by Gasteiger charge is -2.14. The maximum Gasteiger partial charge on any atom is 0.293 e. The summed E-state index contributed by atoms with van der Waals surface area (Å²) in [7, 11) is 0. The third-order valence-corrected chi connectivity index (χ3v) is 7.85. The van der Waals surface area contributed by atoms with E-state index in [1.54, 1.807) is 6.08 Å². The summed E-state index contributed by atoms with van der Waals surface area (Å²) in [6.45, 7) is 0.501. The summed E-state index contributed by atoms with van der Waals surface area (Å²) in [4.78, 5) is 28.0. The fraction of sp³-hybridized carbons (Fsp3) is 0.0625. The number of rotatable bonds is 6. The Balaban J connectivity index is 1.32. The molecule has 1 aliphatic rings. The van der Waals surface area contributed by atoms with Crippen molar-refractivity contribution in [2.24, 2.45) is 0 Å². The summed E-state index contributed by atoms with van der Waals surface area (Å²) >= 11 is 7.29. The van der Waals surface area contributed by atoms with Gasteiger partial charge in [0.2, 0.25) is 0 Å². The van der Waals surface area contributed by atoms with Crippen LogP contribution in [0.5, 0.6) is 5.75 Å². The summed E-state index contributed by atoms with van der Waals surface area (Å²) in [6, 6.07) is 33.3. The molecular formula is C32H22ClNO3S. The number of ether oxygens (including phenoxy) is 1. The van der Waals surface area contributed by atoms with Crippen LogP contribution in [-0.2, 0) is 17.9 Å². The Morgan fingerprint density at radius 2 is 1.50 bits per heavy atom. The molecule has 0 aliphatic carbocycles. The van der Waals surface area contributed by atoms with E-state index in [1.165, 1.54) is 4.90 Å². The quantitative estimate of drug-likeness (QED) is 0.205. The summed E-state index contributed by atoms with van der Waals surface area (Å²) in [5, 5.41) is 4.48. The Bertz CT molecular complexity index is 1750. The van der Waals surface area contributed by atoms with Crippen LogP contribution in [0.4, 0.5) is 4.79 Å². The molecule has 0 N–H and O–H groups in total. The highest BCUT2D eigenvalue weighted by Crippen LogP contribution is 2.38. The average molecular weight is 536 g/mol. The molecule has 6 rings (SSSR count). The normalized spacial score (nSPS) is 14.7. The van der Waals surface area contributed by atoms with E-state index in [9.17, 15) is 9.59 Å². The number of hydrogen-bond acceptors (Lipinski definition) is 4. The second-order valence-electron chi connectivity index (χ2n) is 9.03. The molecule has 186 valence electrons. The first-order valence-corrected chi connectivity index (χ1v) is 13.4. The first-order valence-electron chi connectivity index (χ1n) is 12.2. The van der Waals surface area contributed by atoms with Gasteiger partial charge in [-0.05, 0) is 63.1 Å². The summed E-state index contributed by atoms with van der Waals surface area (Å²) in [6.07, 6.45) is 1.77. The zero-order valence-electron chi connectivity index (χ0n) is 20.3. The van der Waals surface area contributed by atoms with Gasteiger partial charge in [-0.3, -0.25) is 14.5 Å². The molecule has 0 atom stereocenters. The van der Waals surface area contributed by atoms with Crippen LogP contribution in [-0.4, -0.2) is 16.0 Å². The maximum absolute atomic E-state index is 13.4. The number of benzene rings is 5. The molecule has 5 aromatic carbocycles. The molecular weight excluding hydrogens is 514 g/mol. The number of amides is 2. The van der Waals surface area contributed by atoms with Gasteiger partial charge in [0.25, 0.3) is 11.1 Å². The Morgan fingerprint density at radius 1 is 0.789 bits per heavy atom. The van der Waals surface area contributed by atoms with E-state index in [2.05, 4.69) is 0 Å². The average Bonchev–Trinajstić information content (AvgIpc) is 3.20. The van der Waals surface area contributed by atoms with Gasteiger partial charge in [-0.1, -0.05) is 96.5 Å². The number of imide groups is 1. The van der Waals surface area contributed by atoms with E-state index in [0.29, 0.717) is 15.7 Å². The fourth-order valence-corrected chi connectivity index (χ4v) is 5.62. The van der Waals surface area contributed by atoms with Gasteiger partial charge in [0.05, 0.1) is 11.4 Å². The lowest BCUT2D eigenvalue weighted by atomic mass is 10.0. The summed E-state index contributed by atoms with van der Waals surface area (Å²) in [5.74, 6) is 0.308. The van der Waals surface area contributed by atoms with Crippen LogP contribution >= 0.6 is 23.4 Å². The predicted octanol–water partition coefficient (Wildman–Crippen LogP) is 8.46. The molecule has 0 spiro atoms. The smallest absolute Gasteiger partial charge is 0.293 e. The van der Waals surface area contributed by atoms with Crippen LogP contribution < -0.4 is 4.74 Å². The highest BCUT2D eigenvalue weighted by molar-refractivity contribution is 8.18. The van der Waals surface area contributed by atoms with Crippen molar-refractivity contribution in [2.45, 2.75) is 13.2 Å². The zero-order valence-corrected chi connectivity index (χ0v) is 21.8. The van der Waals surface area contributed by atoms with Crippen molar-refractivity contribution in [1.29, 1.82) is 0 Å². The molecule has 0 radical (unpaired) electrons. The van der Waals surface area contributed by atoms with Gasteiger partial charge >= 0.3 is 0 Å². The monoisotopic (exact) mass is 535 g/mol. The van der Waals surface area contributed by atoms with Gasteiger partial charge in [0.1, 0.15) is 12.4 Å².